The van der Waals surface area contributed by atoms with Gasteiger partial charge in [-0.1, -0.05) is 0 Å². The first-order valence-corrected chi connectivity index (χ1v) is 7.31. The van der Waals surface area contributed by atoms with E-state index in [-0.39, 0.29) is 18.9 Å². The van der Waals surface area contributed by atoms with Gasteiger partial charge in [-0.05, 0) is 0 Å². The molecule has 3 rings (SSSR count). The van der Waals surface area contributed by atoms with E-state index in [0.29, 0.717) is 0 Å². The van der Waals surface area contributed by atoms with Gasteiger partial charge in [0.1, 0.15) is 0 Å². The molecule has 3 nitrogen and oxygen atoms in total. The summed E-state index contributed by atoms with van der Waals surface area (Å²) in [5.41, 5.74) is 2.57. The van der Waals surface area contributed by atoms with Crippen LogP contribution in [0.25, 0.3) is 9.78 Å². The molecular formula is C14H11NO2Se. The second kappa shape index (κ2) is 4.58. The second-order valence-corrected chi connectivity index (χ2v) is 6.21. The molecular weight excluding hydrogens is 293 g/mol. The SMILES string of the molecule is O=c1[nH]c2ccc(C(O)c3ccccc3)cc2[se]1. The minimum atomic E-state index is -0.636. The zero-order valence-corrected chi connectivity index (χ0v) is 11.2. The zero-order chi connectivity index (χ0) is 12.5. The van der Waals surface area contributed by atoms with Crippen LogP contribution in [0.2, 0.25) is 0 Å². The van der Waals surface area contributed by atoms with Crippen molar-refractivity contribution < 1.29 is 5.11 Å². The fraction of sp³-hybridized carbons (Fsp3) is 0.0714. The Morgan fingerprint density at radius 3 is 2.61 bits per heavy atom. The molecule has 4 heteroatoms. The van der Waals surface area contributed by atoms with Crippen molar-refractivity contribution in [1.29, 1.82) is 0 Å². The van der Waals surface area contributed by atoms with E-state index in [1.807, 2.05) is 48.5 Å². The zero-order valence-electron chi connectivity index (χ0n) is 9.46. The first-order valence-electron chi connectivity index (χ1n) is 5.60. The van der Waals surface area contributed by atoms with Gasteiger partial charge in [0.25, 0.3) is 0 Å². The Labute approximate surface area is 109 Å². The number of aromatic nitrogens is 1. The van der Waals surface area contributed by atoms with E-state index in [1.54, 1.807) is 0 Å². The number of rotatable bonds is 2. The van der Waals surface area contributed by atoms with Crippen molar-refractivity contribution in [2.75, 3.05) is 0 Å². The number of aromatic amines is 1. The van der Waals surface area contributed by atoms with Crippen LogP contribution < -0.4 is 4.43 Å². The van der Waals surface area contributed by atoms with E-state index in [0.717, 1.165) is 20.9 Å². The molecule has 0 saturated carbocycles. The summed E-state index contributed by atoms with van der Waals surface area (Å²) in [6, 6.07) is 15.2. The molecule has 0 radical (unpaired) electrons. The summed E-state index contributed by atoms with van der Waals surface area (Å²) in [4.78, 5) is 14.1. The molecule has 0 saturated heterocycles. The van der Waals surface area contributed by atoms with Crippen molar-refractivity contribution >= 4 is 24.3 Å². The molecule has 2 N–H and O–H groups in total. The Kier molecular flexibility index (Phi) is 2.92. The molecule has 1 unspecified atom stereocenters. The topological polar surface area (TPSA) is 53.1 Å². The molecule has 0 bridgehead atoms. The number of fused-ring (bicyclic) bond motifs is 1. The van der Waals surface area contributed by atoms with E-state index in [1.165, 1.54) is 0 Å². The van der Waals surface area contributed by atoms with Gasteiger partial charge in [-0.3, -0.25) is 0 Å². The number of aliphatic hydroxyl groups is 1. The normalized spacial score (nSPS) is 12.7. The summed E-state index contributed by atoms with van der Waals surface area (Å²) in [6.45, 7) is 0. The molecule has 1 heterocycles. The number of nitrogens with one attached hydrogen (secondary N) is 1. The van der Waals surface area contributed by atoms with Crippen LogP contribution in [-0.2, 0) is 0 Å². The van der Waals surface area contributed by atoms with Crippen LogP contribution >= 0.6 is 0 Å². The third-order valence-corrected chi connectivity index (χ3v) is 4.65. The molecule has 0 aliphatic heterocycles. The van der Waals surface area contributed by atoms with Crippen LogP contribution in [0.3, 0.4) is 0 Å². The summed E-state index contributed by atoms with van der Waals surface area (Å²) in [6.07, 6.45) is -0.636. The summed E-state index contributed by atoms with van der Waals surface area (Å²) in [5.74, 6) is 0. The predicted octanol–water partition coefficient (Wildman–Crippen LogP) is 1.67. The van der Waals surface area contributed by atoms with Gasteiger partial charge < -0.3 is 0 Å². The van der Waals surface area contributed by atoms with Gasteiger partial charge in [-0.2, -0.15) is 0 Å². The van der Waals surface area contributed by atoms with E-state index in [9.17, 15) is 9.90 Å². The van der Waals surface area contributed by atoms with E-state index in [4.69, 9.17) is 0 Å². The maximum absolute atomic E-state index is 11.3. The van der Waals surface area contributed by atoms with Crippen molar-refractivity contribution in [3.05, 3.63) is 68.9 Å². The summed E-state index contributed by atoms with van der Waals surface area (Å²) < 4.78 is 1.09. The third-order valence-electron chi connectivity index (χ3n) is 2.88. The minimum absolute atomic E-state index is 0.0730. The van der Waals surface area contributed by atoms with Gasteiger partial charge in [0.2, 0.25) is 0 Å². The first kappa shape index (κ1) is 11.5. The van der Waals surface area contributed by atoms with Crippen molar-refractivity contribution in [3.63, 3.8) is 0 Å². The third kappa shape index (κ3) is 2.06. The maximum atomic E-state index is 11.3. The molecule has 18 heavy (non-hydrogen) atoms. The van der Waals surface area contributed by atoms with Crippen molar-refractivity contribution in [1.82, 2.24) is 4.98 Å². The number of H-pyrrole nitrogens is 1. The molecule has 90 valence electrons. The fourth-order valence-corrected chi connectivity index (χ4v) is 3.61. The van der Waals surface area contributed by atoms with Gasteiger partial charge in [0, 0.05) is 0 Å². The Morgan fingerprint density at radius 1 is 1.06 bits per heavy atom. The Hall–Kier alpha value is -1.61. The molecule has 2 aromatic carbocycles. The van der Waals surface area contributed by atoms with Gasteiger partial charge in [-0.15, -0.1) is 0 Å². The van der Waals surface area contributed by atoms with Crippen molar-refractivity contribution in [2.24, 2.45) is 0 Å². The average molecular weight is 304 g/mol. The van der Waals surface area contributed by atoms with Crippen LogP contribution in [0.4, 0.5) is 0 Å². The van der Waals surface area contributed by atoms with Crippen molar-refractivity contribution in [2.45, 2.75) is 6.10 Å². The fourth-order valence-electron chi connectivity index (χ4n) is 1.96. The van der Waals surface area contributed by atoms with E-state index in [2.05, 4.69) is 4.98 Å². The Morgan fingerprint density at radius 2 is 1.83 bits per heavy atom. The molecule has 0 spiro atoms. The molecule has 3 aromatic rings. The van der Waals surface area contributed by atoms with E-state index >= 15 is 0 Å². The van der Waals surface area contributed by atoms with E-state index < -0.39 is 6.10 Å². The molecule has 0 fully saturated rings. The van der Waals surface area contributed by atoms with Gasteiger partial charge in [0.15, 0.2) is 0 Å². The van der Waals surface area contributed by atoms with Crippen LogP contribution in [0.15, 0.2) is 53.3 Å². The van der Waals surface area contributed by atoms with Crippen LogP contribution in [0, 0.1) is 0 Å². The number of benzene rings is 2. The number of hydrogen-bond acceptors (Lipinski definition) is 2. The summed E-state index contributed by atoms with van der Waals surface area (Å²) in [7, 11) is 0. The monoisotopic (exact) mass is 305 g/mol. The summed E-state index contributed by atoms with van der Waals surface area (Å²) >= 11 is -0.179. The predicted molar refractivity (Wildman–Crippen MR) is 72.0 cm³/mol. The average Bonchev–Trinajstić information content (AvgIpc) is 2.78. The molecule has 1 aromatic heterocycles. The quantitative estimate of drug-likeness (QED) is 0.708. The van der Waals surface area contributed by atoms with Gasteiger partial charge >= 0.3 is 109 Å². The van der Waals surface area contributed by atoms with Gasteiger partial charge in [0.05, 0.1) is 0 Å². The Bertz CT molecular complexity index is 730. The van der Waals surface area contributed by atoms with Crippen LogP contribution in [-0.4, -0.2) is 24.6 Å². The van der Waals surface area contributed by atoms with Crippen LogP contribution in [0.1, 0.15) is 17.2 Å². The number of hydrogen-bond donors (Lipinski definition) is 2. The van der Waals surface area contributed by atoms with Gasteiger partial charge in [-0.25, -0.2) is 0 Å². The van der Waals surface area contributed by atoms with Crippen LogP contribution in [0.5, 0.6) is 0 Å². The molecule has 0 aliphatic carbocycles. The first-order chi connectivity index (χ1) is 8.74. The summed E-state index contributed by atoms with van der Waals surface area (Å²) in [5, 5.41) is 10.3. The molecule has 0 aliphatic rings. The second-order valence-electron chi connectivity index (χ2n) is 4.08. The number of aliphatic hydroxyl groups excluding tert-OH is 1. The molecule has 1 atom stereocenters. The molecule has 0 amide bonds. The standard InChI is InChI=1S/C14H11NO2Se/c16-13(9-4-2-1-3-5-9)10-6-7-11-12(8-10)18-14(17)15-11/h1-8,13,16H,(H,15,17). The van der Waals surface area contributed by atoms with Crippen molar-refractivity contribution in [3.8, 4) is 0 Å². The Balaban J connectivity index is 2.06.